The minimum Gasteiger partial charge on any atom is -0.466 e. The molecule has 0 radical (unpaired) electrons. The van der Waals surface area contributed by atoms with Crippen LogP contribution in [0.25, 0.3) is 0 Å². The fourth-order valence-electron chi connectivity index (χ4n) is 9.51. The van der Waals surface area contributed by atoms with Gasteiger partial charge < -0.3 is 61.1 Å². The highest BCUT2D eigenvalue weighted by Crippen LogP contribution is 2.49. The van der Waals surface area contributed by atoms with Crippen molar-refractivity contribution >= 4 is 65.4 Å². The molecule has 0 aliphatic carbocycles. The lowest BCUT2D eigenvalue weighted by atomic mass is 9.69. The molecule has 3 rings (SSSR count). The monoisotopic (exact) mass is 1150 g/mol. The van der Waals surface area contributed by atoms with Crippen molar-refractivity contribution in [2.45, 2.75) is 177 Å². The van der Waals surface area contributed by atoms with Crippen LogP contribution in [0, 0.1) is 17.3 Å². The zero-order valence-corrected chi connectivity index (χ0v) is 50.7. The number of nitrogens with two attached hydrogens (primary N) is 1. The first kappa shape index (κ1) is 68.6. The van der Waals surface area contributed by atoms with Gasteiger partial charge in [-0.05, 0) is 108 Å². The maximum Gasteiger partial charge on any atom is 0.410 e. The number of carbonyl (C=O) groups excluding carboxylic acids is 10. The van der Waals surface area contributed by atoms with Crippen LogP contribution in [0.3, 0.4) is 0 Å². The Morgan fingerprint density at radius 1 is 0.780 bits per heavy atom. The molecule has 454 valence electrons. The van der Waals surface area contributed by atoms with Crippen LogP contribution < -0.4 is 32.3 Å². The van der Waals surface area contributed by atoms with Gasteiger partial charge in [-0.3, -0.25) is 33.7 Å². The number of alkyl carbamates (subject to hydrolysis) is 1. The summed E-state index contributed by atoms with van der Waals surface area (Å²) in [6.45, 7) is 24.5. The normalized spacial score (nSPS) is 17.1. The van der Waals surface area contributed by atoms with Gasteiger partial charge >= 0.3 is 30.2 Å². The van der Waals surface area contributed by atoms with Gasteiger partial charge in [-0.1, -0.05) is 97.0 Å². The van der Waals surface area contributed by atoms with Gasteiger partial charge in [0.15, 0.2) is 0 Å². The summed E-state index contributed by atoms with van der Waals surface area (Å²) in [6, 6.07) is 8.49. The van der Waals surface area contributed by atoms with Gasteiger partial charge in [0.05, 0.1) is 24.8 Å². The molecular formula is C59H89N9O14. The van der Waals surface area contributed by atoms with Crippen molar-refractivity contribution in [3.8, 4) is 0 Å². The van der Waals surface area contributed by atoms with Crippen molar-refractivity contribution in [1.82, 2.24) is 36.0 Å². The van der Waals surface area contributed by atoms with E-state index in [1.807, 2.05) is 52.8 Å². The lowest BCUT2D eigenvalue weighted by molar-refractivity contribution is -0.190. The number of ether oxygens (including phenoxy) is 4. The predicted molar refractivity (Wildman–Crippen MR) is 307 cm³/mol. The van der Waals surface area contributed by atoms with Gasteiger partial charge in [-0.15, -0.1) is 0 Å². The van der Waals surface area contributed by atoms with E-state index in [0.717, 1.165) is 0 Å². The smallest absolute Gasteiger partial charge is 0.410 e. The van der Waals surface area contributed by atoms with E-state index in [1.54, 1.807) is 112 Å². The fraction of sp³-hybridized carbons (Fsp3) is 0.593. The Hall–Kier alpha value is -7.72. The molecule has 2 aromatic rings. The zero-order chi connectivity index (χ0) is 62.0. The summed E-state index contributed by atoms with van der Waals surface area (Å²) in [5, 5.41) is 13.2. The maximum absolute atomic E-state index is 15.2. The van der Waals surface area contributed by atoms with Crippen molar-refractivity contribution in [3.05, 3.63) is 77.4 Å². The minimum atomic E-state index is -1.27. The van der Waals surface area contributed by atoms with Crippen molar-refractivity contribution in [2.24, 2.45) is 23.0 Å². The van der Waals surface area contributed by atoms with Gasteiger partial charge in [0.1, 0.15) is 42.4 Å². The number of nitrogens with one attached hydrogen (secondary N) is 5. The highest BCUT2D eigenvalue weighted by Gasteiger charge is 2.65. The number of likely N-dealkylation sites (tertiary alicyclic amines) is 1. The number of β-lactam (4-membered cyclic amide) rings is 1. The summed E-state index contributed by atoms with van der Waals surface area (Å²) >= 11 is 0. The van der Waals surface area contributed by atoms with Gasteiger partial charge in [0.2, 0.25) is 29.5 Å². The van der Waals surface area contributed by atoms with Crippen LogP contribution in [0.5, 0.6) is 0 Å². The number of benzene rings is 2. The van der Waals surface area contributed by atoms with E-state index in [-0.39, 0.29) is 69.5 Å². The molecule has 0 saturated carbocycles. The van der Waals surface area contributed by atoms with Gasteiger partial charge in [0, 0.05) is 38.3 Å². The number of primary amides is 1. The van der Waals surface area contributed by atoms with E-state index in [9.17, 15) is 43.2 Å². The largest absolute Gasteiger partial charge is 0.466 e. The topological polar surface area (TPSA) is 304 Å². The molecule has 1 aliphatic heterocycles. The molecule has 82 heavy (non-hydrogen) atoms. The molecule has 0 spiro atoms. The molecule has 7 atom stereocenters. The first-order valence-electron chi connectivity index (χ1n) is 27.8. The third kappa shape index (κ3) is 19.2. The van der Waals surface area contributed by atoms with Gasteiger partial charge in [-0.2, -0.15) is 0 Å². The average Bonchev–Trinajstić information content (AvgIpc) is 3.58. The van der Waals surface area contributed by atoms with E-state index in [4.69, 9.17) is 24.7 Å². The molecule has 1 heterocycles. The van der Waals surface area contributed by atoms with Crippen molar-refractivity contribution in [1.29, 1.82) is 0 Å². The summed E-state index contributed by atoms with van der Waals surface area (Å²) in [6.07, 6.45) is 0.160. The number of hydrogen-bond donors (Lipinski definition) is 6. The number of nitrogens with zero attached hydrogens (tertiary/aromatic N) is 3. The Morgan fingerprint density at radius 3 is 1.93 bits per heavy atom. The van der Waals surface area contributed by atoms with Crippen molar-refractivity contribution in [2.75, 3.05) is 39.2 Å². The zero-order valence-electron chi connectivity index (χ0n) is 50.7. The molecule has 23 nitrogen and oxygen atoms in total. The van der Waals surface area contributed by atoms with E-state index < -0.39 is 112 Å². The summed E-state index contributed by atoms with van der Waals surface area (Å²) in [4.78, 5) is 138. The number of amides is 9. The first-order chi connectivity index (χ1) is 38.2. The number of likely N-dealkylation sites (N-methyl/N-ethyl adjacent to an activating group) is 2. The number of esters is 2. The third-order valence-electron chi connectivity index (χ3n) is 13.7. The van der Waals surface area contributed by atoms with Crippen LogP contribution >= 0.6 is 0 Å². The van der Waals surface area contributed by atoms with Crippen molar-refractivity contribution in [3.63, 3.8) is 0 Å². The number of rotatable bonds is 27. The summed E-state index contributed by atoms with van der Waals surface area (Å²) in [5.41, 5.74) is 3.94. The second kappa shape index (κ2) is 30.4. The van der Waals surface area contributed by atoms with Crippen LogP contribution in [0.15, 0.2) is 66.2 Å². The summed E-state index contributed by atoms with van der Waals surface area (Å²) in [7, 11) is 3.05. The number of urea groups is 1. The van der Waals surface area contributed by atoms with E-state index in [1.165, 1.54) is 21.7 Å². The Bertz CT molecular complexity index is 2600. The fourth-order valence-corrected chi connectivity index (χ4v) is 9.51. The number of carbonyl (C=O) groups is 10. The number of hydrogen-bond acceptors (Lipinski definition) is 14. The van der Waals surface area contributed by atoms with Gasteiger partial charge in [-0.25, -0.2) is 19.2 Å². The molecule has 1 aliphatic rings. The van der Waals surface area contributed by atoms with Gasteiger partial charge in [0.25, 0.3) is 0 Å². The molecule has 1 saturated heterocycles. The average molecular weight is 1150 g/mol. The molecule has 1 fully saturated rings. The lowest BCUT2D eigenvalue weighted by Gasteiger charge is -2.62. The highest BCUT2D eigenvalue weighted by molar-refractivity contribution is 6.00. The highest BCUT2D eigenvalue weighted by atomic mass is 16.6. The lowest BCUT2D eigenvalue weighted by Crippen LogP contribution is -2.80. The molecule has 9 amide bonds. The molecule has 0 bridgehead atoms. The van der Waals surface area contributed by atoms with Crippen LogP contribution in [-0.2, 0) is 64.7 Å². The Kier molecular flexibility index (Phi) is 25.4. The Labute approximate surface area is 482 Å². The van der Waals surface area contributed by atoms with Crippen molar-refractivity contribution < 1.29 is 66.9 Å². The minimum absolute atomic E-state index is 0.0554. The van der Waals surface area contributed by atoms with E-state index in [2.05, 4.69) is 26.6 Å². The number of anilines is 1. The Balaban J connectivity index is 1.86. The van der Waals surface area contributed by atoms with E-state index >= 15 is 4.79 Å². The molecule has 3 unspecified atom stereocenters. The predicted octanol–water partition coefficient (Wildman–Crippen LogP) is 6.04. The summed E-state index contributed by atoms with van der Waals surface area (Å²) in [5.74, 6) is -4.64. The van der Waals surface area contributed by atoms with Crippen LogP contribution in [-0.4, -0.2) is 150 Å². The third-order valence-corrected chi connectivity index (χ3v) is 13.7. The second-order valence-corrected chi connectivity index (χ2v) is 23.3. The first-order valence-corrected chi connectivity index (χ1v) is 27.8. The van der Waals surface area contributed by atoms with E-state index in [0.29, 0.717) is 16.8 Å². The molecule has 2 aromatic carbocycles. The Morgan fingerprint density at radius 2 is 1.39 bits per heavy atom. The maximum atomic E-state index is 15.2. The van der Waals surface area contributed by atoms with Crippen LogP contribution in [0.2, 0.25) is 0 Å². The molecule has 7 N–H and O–H groups in total. The molecular weight excluding hydrogens is 1060 g/mol. The second-order valence-electron chi connectivity index (χ2n) is 23.3. The molecule has 0 aromatic heterocycles. The standard InChI is InChI=1S/C59H89N9O14/c1-17-79-44(69)31-30-42(53(75)80-18-2)64-48(70)37(7)33-43(35(3)4)66(15)51(73)46(57(8,9)10)68-52(74)47(59(68,14)39-23-20-19-21-24-39)67(16)56(78)81-34-38-26-28-40(29-27-38)62-49(71)41(25-22-32-61-54(60)76)63-50(72)45(36(5)6)65-55(77)82-58(11,12)13/h19-21,23-24,26-29,33,35-36,41-43,45-47H,17-18,22,25,30-32,34H2,1-16H3,(H,62,71)(H,63,72)(H,64,70)(H,65,77)(H3,60,61,76)/b37-33+/t41-,42+,43?,45?,46+,47+,59?/m0/s1. The van der Waals surface area contributed by atoms with Crippen LogP contribution in [0.4, 0.5) is 20.1 Å². The summed E-state index contributed by atoms with van der Waals surface area (Å²) < 4.78 is 21.3. The SMILES string of the molecule is CCOC(=O)CC[C@@H](NC(=O)/C(C)=C/C(C(C)C)N(C)C(=O)[C@@H](N1C(=O)[C@@H](N(C)C(=O)OCc2ccc(NC(=O)[C@H](CCCNC(N)=O)NC(=O)C(NC(=O)OC(C)(C)C)C(C)C)cc2)C1(C)c1ccccc1)C(C)(C)C)C(=O)OCC. The molecule has 23 heteroatoms. The van der Waals surface area contributed by atoms with Crippen LogP contribution in [0.1, 0.15) is 134 Å². The quantitative estimate of drug-likeness (QED) is 0.0196.